The van der Waals surface area contributed by atoms with Crippen LogP contribution in [0.3, 0.4) is 0 Å². The van der Waals surface area contributed by atoms with Crippen molar-refractivity contribution in [3.8, 4) is 5.88 Å². The zero-order valence-corrected chi connectivity index (χ0v) is 16.3. The van der Waals surface area contributed by atoms with E-state index in [0.717, 1.165) is 0 Å². The lowest BCUT2D eigenvalue weighted by Crippen LogP contribution is -2.25. The van der Waals surface area contributed by atoms with Gasteiger partial charge in [0.2, 0.25) is 11.3 Å². The molecular formula is C21H21N3O5. The number of pyridine rings is 2. The Morgan fingerprint density at radius 2 is 1.86 bits per heavy atom. The molecule has 150 valence electrons. The average molecular weight is 395 g/mol. The van der Waals surface area contributed by atoms with E-state index in [2.05, 4.69) is 10.3 Å². The number of anilines is 1. The third-order valence-corrected chi connectivity index (χ3v) is 4.31. The number of hydrogen-bond acceptors (Lipinski definition) is 5. The number of rotatable bonds is 6. The highest BCUT2D eigenvalue weighted by Crippen LogP contribution is 2.17. The Hall–Kier alpha value is -3.68. The fraction of sp³-hybridized carbons (Fsp3) is 0.238. The lowest BCUT2D eigenvalue weighted by molar-refractivity contribution is 0.0696. The first-order valence-electron chi connectivity index (χ1n) is 9.03. The molecule has 2 heterocycles. The largest absolute Gasteiger partial charge is 0.481 e. The Morgan fingerprint density at radius 3 is 2.45 bits per heavy atom. The van der Waals surface area contributed by atoms with E-state index < -0.39 is 17.3 Å². The summed E-state index contributed by atoms with van der Waals surface area (Å²) in [5.41, 5.74) is 0.698. The number of aromatic carboxylic acids is 1. The van der Waals surface area contributed by atoms with E-state index in [4.69, 9.17) is 9.84 Å². The number of ether oxygens (including phenoxy) is 1. The van der Waals surface area contributed by atoms with Crippen LogP contribution >= 0.6 is 0 Å². The van der Waals surface area contributed by atoms with E-state index in [0.29, 0.717) is 17.7 Å². The summed E-state index contributed by atoms with van der Waals surface area (Å²) in [6.45, 7) is 4.66. The lowest BCUT2D eigenvalue weighted by atomic mass is 10.1. The minimum Gasteiger partial charge on any atom is -0.481 e. The van der Waals surface area contributed by atoms with E-state index in [1.54, 1.807) is 12.1 Å². The Bertz CT molecular complexity index is 1130. The molecule has 2 aromatic heterocycles. The Morgan fingerprint density at radius 1 is 1.17 bits per heavy atom. The minimum atomic E-state index is -1.06. The number of hydrogen-bond donors (Lipinski definition) is 2. The molecule has 2 N–H and O–H groups in total. The summed E-state index contributed by atoms with van der Waals surface area (Å²) in [4.78, 5) is 40.9. The van der Waals surface area contributed by atoms with E-state index >= 15 is 0 Å². The van der Waals surface area contributed by atoms with Gasteiger partial charge in [-0.05, 0) is 36.2 Å². The van der Waals surface area contributed by atoms with E-state index in [9.17, 15) is 14.4 Å². The molecule has 0 spiro atoms. The minimum absolute atomic E-state index is 0.0544. The molecule has 0 unspecified atom stereocenters. The van der Waals surface area contributed by atoms with Gasteiger partial charge in [-0.1, -0.05) is 13.8 Å². The molecule has 0 fully saturated rings. The first kappa shape index (κ1) is 20.1. The predicted octanol–water partition coefficient (Wildman–Crippen LogP) is 3.01. The van der Waals surface area contributed by atoms with Crippen molar-refractivity contribution in [2.24, 2.45) is 5.92 Å². The van der Waals surface area contributed by atoms with Gasteiger partial charge >= 0.3 is 5.97 Å². The van der Waals surface area contributed by atoms with Crippen LogP contribution in [-0.4, -0.2) is 33.6 Å². The highest BCUT2D eigenvalue weighted by atomic mass is 16.5. The van der Waals surface area contributed by atoms with Crippen molar-refractivity contribution in [1.29, 1.82) is 0 Å². The first-order valence-corrected chi connectivity index (χ1v) is 9.03. The quantitative estimate of drug-likeness (QED) is 0.664. The number of methoxy groups -OCH3 is 1. The molecule has 0 radical (unpaired) electrons. The van der Waals surface area contributed by atoms with E-state index in [1.807, 2.05) is 18.4 Å². The predicted molar refractivity (Wildman–Crippen MR) is 109 cm³/mol. The third-order valence-electron chi connectivity index (χ3n) is 4.31. The van der Waals surface area contributed by atoms with Gasteiger partial charge in [0.15, 0.2) is 0 Å². The van der Waals surface area contributed by atoms with Crippen LogP contribution in [0, 0.1) is 5.92 Å². The van der Waals surface area contributed by atoms with Gasteiger partial charge in [-0.15, -0.1) is 0 Å². The average Bonchev–Trinajstić information content (AvgIpc) is 2.69. The van der Waals surface area contributed by atoms with Crippen LogP contribution in [0.5, 0.6) is 5.88 Å². The molecule has 0 atom stereocenters. The molecule has 3 rings (SSSR count). The van der Waals surface area contributed by atoms with Gasteiger partial charge in [0, 0.05) is 24.5 Å². The number of nitrogens with zero attached hydrogens (tertiary/aromatic N) is 2. The van der Waals surface area contributed by atoms with Crippen LogP contribution in [0.4, 0.5) is 5.69 Å². The molecule has 8 heteroatoms. The maximum Gasteiger partial charge on any atom is 0.335 e. The van der Waals surface area contributed by atoms with Crippen LogP contribution in [0.1, 0.15) is 34.6 Å². The van der Waals surface area contributed by atoms with Gasteiger partial charge < -0.3 is 19.7 Å². The molecule has 0 bridgehead atoms. The van der Waals surface area contributed by atoms with Gasteiger partial charge in [0.05, 0.1) is 18.2 Å². The fourth-order valence-corrected chi connectivity index (χ4v) is 2.96. The number of carbonyl (C=O) groups is 2. The normalized spacial score (nSPS) is 10.9. The van der Waals surface area contributed by atoms with Gasteiger partial charge in [0.1, 0.15) is 11.1 Å². The summed E-state index contributed by atoms with van der Waals surface area (Å²) < 4.78 is 6.95. The molecule has 0 aliphatic rings. The number of carbonyl (C=O) groups excluding carboxylic acids is 1. The summed E-state index contributed by atoms with van der Waals surface area (Å²) in [6, 6.07) is 9.11. The van der Waals surface area contributed by atoms with Crippen molar-refractivity contribution in [3.63, 3.8) is 0 Å². The number of carboxylic acid groups (broad SMARTS) is 1. The molecule has 3 aromatic rings. The fourth-order valence-electron chi connectivity index (χ4n) is 2.96. The second kappa shape index (κ2) is 8.14. The molecule has 1 amide bonds. The summed E-state index contributed by atoms with van der Waals surface area (Å²) in [5, 5.41) is 11.6. The summed E-state index contributed by atoms with van der Waals surface area (Å²) in [5.74, 6) is -1.09. The smallest absolute Gasteiger partial charge is 0.335 e. The summed E-state index contributed by atoms with van der Waals surface area (Å²) in [6.07, 6.45) is 1.53. The van der Waals surface area contributed by atoms with Gasteiger partial charge in [0.25, 0.3) is 5.91 Å². The van der Waals surface area contributed by atoms with Crippen molar-refractivity contribution in [1.82, 2.24) is 9.55 Å². The van der Waals surface area contributed by atoms with Crippen molar-refractivity contribution >= 4 is 28.6 Å². The molecule has 29 heavy (non-hydrogen) atoms. The standard InChI is InChI=1S/C21H21N3O5/c1-12(2)10-24-11-15(19(25)18-16(24)8-9-17(23-18)29-3)20(26)22-14-6-4-13(5-7-14)21(27)28/h4-9,11-12H,10H2,1-3H3,(H,22,26)(H,27,28). The van der Waals surface area contributed by atoms with Crippen molar-refractivity contribution in [2.45, 2.75) is 20.4 Å². The molecule has 0 aliphatic heterocycles. The maximum absolute atomic E-state index is 12.9. The molecule has 0 saturated carbocycles. The highest BCUT2D eigenvalue weighted by Gasteiger charge is 2.18. The molecule has 1 aromatic carbocycles. The van der Waals surface area contributed by atoms with E-state index in [-0.39, 0.29) is 28.4 Å². The van der Waals surface area contributed by atoms with Crippen molar-refractivity contribution in [3.05, 3.63) is 63.9 Å². The van der Waals surface area contributed by atoms with Crippen molar-refractivity contribution < 1.29 is 19.4 Å². The number of benzene rings is 1. The Labute approximate surface area is 166 Å². The highest BCUT2D eigenvalue weighted by molar-refractivity contribution is 6.05. The van der Waals surface area contributed by atoms with Crippen LogP contribution in [0.15, 0.2) is 47.4 Å². The third kappa shape index (κ3) is 4.26. The van der Waals surface area contributed by atoms with Crippen LogP contribution in [0.25, 0.3) is 11.0 Å². The summed E-state index contributed by atoms with van der Waals surface area (Å²) in [7, 11) is 1.46. The number of nitrogens with one attached hydrogen (secondary N) is 1. The second-order valence-corrected chi connectivity index (χ2v) is 6.98. The summed E-state index contributed by atoms with van der Waals surface area (Å²) >= 11 is 0. The second-order valence-electron chi connectivity index (χ2n) is 6.98. The van der Waals surface area contributed by atoms with Gasteiger partial charge in [-0.3, -0.25) is 9.59 Å². The zero-order chi connectivity index (χ0) is 21.1. The van der Waals surface area contributed by atoms with E-state index in [1.165, 1.54) is 37.6 Å². The first-order chi connectivity index (χ1) is 13.8. The van der Waals surface area contributed by atoms with Crippen LogP contribution < -0.4 is 15.5 Å². The zero-order valence-electron chi connectivity index (χ0n) is 16.3. The van der Waals surface area contributed by atoms with Crippen LogP contribution in [0.2, 0.25) is 0 Å². The van der Waals surface area contributed by atoms with Crippen LogP contribution in [-0.2, 0) is 6.54 Å². The number of carboxylic acids is 1. The number of amides is 1. The molecule has 8 nitrogen and oxygen atoms in total. The monoisotopic (exact) mass is 395 g/mol. The lowest BCUT2D eigenvalue weighted by Gasteiger charge is -2.15. The SMILES string of the molecule is COc1ccc2c(n1)c(=O)c(C(=O)Nc1ccc(C(=O)O)cc1)cn2CC(C)C. The maximum atomic E-state index is 12.9. The molecule has 0 saturated heterocycles. The topological polar surface area (TPSA) is 111 Å². The van der Waals surface area contributed by atoms with Gasteiger partial charge in [-0.2, -0.15) is 0 Å². The number of aromatic nitrogens is 2. The van der Waals surface area contributed by atoms with Crippen molar-refractivity contribution in [2.75, 3.05) is 12.4 Å². The number of fused-ring (bicyclic) bond motifs is 1. The Balaban J connectivity index is 2.04. The molecular weight excluding hydrogens is 374 g/mol. The Kier molecular flexibility index (Phi) is 5.63. The molecule has 0 aliphatic carbocycles. The van der Waals surface area contributed by atoms with Gasteiger partial charge in [-0.25, -0.2) is 9.78 Å².